The van der Waals surface area contributed by atoms with Crippen molar-refractivity contribution in [2.45, 2.75) is 38.6 Å². The molecule has 0 saturated carbocycles. The van der Waals surface area contributed by atoms with Gasteiger partial charge < -0.3 is 4.90 Å². The smallest absolute Gasteiger partial charge is 0.263 e. The summed E-state index contributed by atoms with van der Waals surface area (Å²) in [5.41, 5.74) is 3.06. The normalized spacial score (nSPS) is 14.4. The van der Waals surface area contributed by atoms with Gasteiger partial charge in [0.15, 0.2) is 0 Å². The fraction of sp³-hybridized carbons (Fsp3) is 0.290. The number of amides is 1. The van der Waals surface area contributed by atoms with Crippen LogP contribution in [-0.4, -0.2) is 43.1 Å². The molecule has 0 radical (unpaired) electrons. The van der Waals surface area contributed by atoms with Gasteiger partial charge in [0.2, 0.25) is 11.7 Å². The third-order valence-electron chi connectivity index (χ3n) is 7.66. The molecule has 1 aliphatic rings. The van der Waals surface area contributed by atoms with Crippen molar-refractivity contribution >= 4 is 22.6 Å². The van der Waals surface area contributed by atoms with Gasteiger partial charge >= 0.3 is 0 Å². The quantitative estimate of drug-likeness (QED) is 0.326. The van der Waals surface area contributed by atoms with Crippen molar-refractivity contribution in [1.29, 1.82) is 0 Å². The first-order chi connectivity index (χ1) is 18.7. The van der Waals surface area contributed by atoms with Crippen LogP contribution in [0.25, 0.3) is 16.7 Å². The molecule has 0 spiro atoms. The van der Waals surface area contributed by atoms with Crippen molar-refractivity contribution in [3.05, 3.63) is 112 Å². The van der Waals surface area contributed by atoms with Crippen molar-refractivity contribution in [3.63, 3.8) is 0 Å². The number of hydrogen-bond donors (Lipinski definition) is 0. The van der Waals surface area contributed by atoms with Crippen molar-refractivity contribution in [2.75, 3.05) is 13.1 Å². The van der Waals surface area contributed by atoms with Gasteiger partial charge in [-0.3, -0.25) is 18.6 Å². The number of rotatable bonds is 7. The Balaban J connectivity index is 1.19. The molecule has 0 unspecified atom stereocenters. The number of aryl methyl sites for hydroxylation is 1. The van der Waals surface area contributed by atoms with Gasteiger partial charge in [0.25, 0.3) is 5.56 Å². The van der Waals surface area contributed by atoms with Gasteiger partial charge in [0.05, 0.1) is 17.4 Å². The molecule has 6 rings (SSSR count). The van der Waals surface area contributed by atoms with Gasteiger partial charge in [-0.2, -0.15) is 0 Å². The Morgan fingerprint density at radius 3 is 2.21 bits per heavy atom. The van der Waals surface area contributed by atoms with E-state index in [-0.39, 0.29) is 11.5 Å². The molecule has 7 heteroatoms. The van der Waals surface area contributed by atoms with Gasteiger partial charge in [-0.1, -0.05) is 72.8 Å². The molecule has 192 valence electrons. The zero-order chi connectivity index (χ0) is 25.9. The monoisotopic (exact) mass is 505 g/mol. The molecule has 2 aromatic heterocycles. The molecule has 1 fully saturated rings. The Kier molecular flexibility index (Phi) is 6.73. The molecule has 0 aliphatic carbocycles. The molecular weight excluding hydrogens is 474 g/mol. The maximum absolute atomic E-state index is 13.4. The van der Waals surface area contributed by atoms with Crippen molar-refractivity contribution in [2.24, 2.45) is 5.92 Å². The predicted octanol–water partition coefficient (Wildman–Crippen LogP) is 4.51. The highest BCUT2D eigenvalue weighted by atomic mass is 16.2. The summed E-state index contributed by atoms with van der Waals surface area (Å²) in [5.74, 6) is 1.98. The number of hydrogen-bond acceptors (Lipinski definition) is 4. The summed E-state index contributed by atoms with van der Waals surface area (Å²) in [6, 6.07) is 28.0. The Morgan fingerprint density at radius 2 is 1.47 bits per heavy atom. The summed E-state index contributed by atoms with van der Waals surface area (Å²) in [4.78, 5) is 28.5. The van der Waals surface area contributed by atoms with Gasteiger partial charge in [-0.25, -0.2) is 0 Å². The van der Waals surface area contributed by atoms with Gasteiger partial charge in [0, 0.05) is 25.9 Å². The topological polar surface area (TPSA) is 72.5 Å². The minimum atomic E-state index is -0.0923. The Bertz CT molecular complexity index is 1620. The summed E-state index contributed by atoms with van der Waals surface area (Å²) >= 11 is 0. The molecule has 3 heterocycles. The zero-order valence-electron chi connectivity index (χ0n) is 21.4. The molecule has 38 heavy (non-hydrogen) atoms. The van der Waals surface area contributed by atoms with E-state index in [4.69, 9.17) is 0 Å². The first-order valence-electron chi connectivity index (χ1n) is 13.4. The summed E-state index contributed by atoms with van der Waals surface area (Å²) in [5, 5.41) is 9.48. The fourth-order valence-electron chi connectivity index (χ4n) is 5.60. The van der Waals surface area contributed by atoms with E-state index < -0.39 is 0 Å². The minimum Gasteiger partial charge on any atom is -0.343 e. The van der Waals surface area contributed by atoms with Gasteiger partial charge in [0.1, 0.15) is 5.82 Å². The lowest BCUT2D eigenvalue weighted by molar-refractivity contribution is -0.132. The van der Waals surface area contributed by atoms with Crippen LogP contribution in [0.3, 0.4) is 0 Å². The first kappa shape index (κ1) is 24.1. The molecule has 1 amide bonds. The standard InChI is InChI=1S/C31H31N5O2/c37-29(34-19-17-24(18-20-34)21-23-9-3-1-4-10-23)16-15-28-32-33-31-35(22-25-11-5-2-6-12-25)30(38)26-13-7-8-14-27(26)36(28)31/h1-14,24H,15-22H2. The molecule has 3 aromatic carbocycles. The van der Waals surface area contributed by atoms with Crippen LogP contribution >= 0.6 is 0 Å². The van der Waals surface area contributed by atoms with E-state index in [9.17, 15) is 9.59 Å². The highest BCUT2D eigenvalue weighted by Crippen LogP contribution is 2.23. The number of carbonyl (C=O) groups is 1. The molecule has 0 atom stereocenters. The molecule has 1 saturated heterocycles. The van der Waals surface area contributed by atoms with Crippen LogP contribution in [0.4, 0.5) is 0 Å². The van der Waals surface area contributed by atoms with E-state index in [1.54, 1.807) is 4.57 Å². The average Bonchev–Trinajstić information content (AvgIpc) is 3.39. The van der Waals surface area contributed by atoms with E-state index >= 15 is 0 Å². The van der Waals surface area contributed by atoms with Crippen LogP contribution in [-0.2, 0) is 24.2 Å². The van der Waals surface area contributed by atoms with Crippen LogP contribution in [0.15, 0.2) is 89.7 Å². The first-order valence-corrected chi connectivity index (χ1v) is 13.4. The number of para-hydroxylation sites is 1. The second-order valence-corrected chi connectivity index (χ2v) is 10.2. The van der Waals surface area contributed by atoms with Crippen LogP contribution < -0.4 is 5.56 Å². The third-order valence-corrected chi connectivity index (χ3v) is 7.66. The number of aromatic nitrogens is 4. The van der Waals surface area contributed by atoms with E-state index in [2.05, 4.69) is 40.5 Å². The van der Waals surface area contributed by atoms with Crippen LogP contribution in [0.2, 0.25) is 0 Å². The van der Waals surface area contributed by atoms with E-state index in [1.807, 2.05) is 63.9 Å². The third kappa shape index (κ3) is 4.84. The molecular formula is C31H31N5O2. The zero-order valence-corrected chi connectivity index (χ0v) is 21.4. The van der Waals surface area contributed by atoms with Gasteiger partial charge in [-0.15, -0.1) is 10.2 Å². The lowest BCUT2D eigenvalue weighted by Gasteiger charge is -2.32. The Hall–Kier alpha value is -4.26. The maximum Gasteiger partial charge on any atom is 0.263 e. The number of carbonyl (C=O) groups excluding carboxylic acids is 1. The van der Waals surface area contributed by atoms with Crippen LogP contribution in [0.1, 0.15) is 36.2 Å². The van der Waals surface area contributed by atoms with E-state index in [1.165, 1.54) is 5.56 Å². The lowest BCUT2D eigenvalue weighted by Crippen LogP contribution is -2.39. The summed E-state index contributed by atoms with van der Waals surface area (Å²) in [7, 11) is 0. The molecule has 0 N–H and O–H groups in total. The number of nitrogens with zero attached hydrogens (tertiary/aromatic N) is 5. The lowest BCUT2D eigenvalue weighted by atomic mass is 9.90. The van der Waals surface area contributed by atoms with E-state index in [0.29, 0.717) is 42.3 Å². The summed E-state index contributed by atoms with van der Waals surface area (Å²) in [6.45, 7) is 2.01. The second-order valence-electron chi connectivity index (χ2n) is 10.2. The fourth-order valence-corrected chi connectivity index (χ4v) is 5.60. The van der Waals surface area contributed by atoms with Crippen molar-refractivity contribution < 1.29 is 4.79 Å². The highest BCUT2D eigenvalue weighted by Gasteiger charge is 2.24. The average molecular weight is 506 g/mol. The molecule has 7 nitrogen and oxygen atoms in total. The van der Waals surface area contributed by atoms with E-state index in [0.717, 1.165) is 43.4 Å². The number of likely N-dealkylation sites (tertiary alicyclic amines) is 1. The Morgan fingerprint density at radius 1 is 0.816 bits per heavy atom. The Labute approximate surface area is 221 Å². The predicted molar refractivity (Wildman–Crippen MR) is 148 cm³/mol. The number of benzene rings is 3. The molecule has 0 bridgehead atoms. The number of fused-ring (bicyclic) bond motifs is 3. The minimum absolute atomic E-state index is 0.0923. The highest BCUT2D eigenvalue weighted by molar-refractivity contribution is 5.80. The van der Waals surface area contributed by atoms with Gasteiger partial charge in [-0.05, 0) is 48.4 Å². The molecule has 5 aromatic rings. The van der Waals surface area contributed by atoms with Crippen LogP contribution in [0.5, 0.6) is 0 Å². The maximum atomic E-state index is 13.4. The van der Waals surface area contributed by atoms with Crippen molar-refractivity contribution in [1.82, 2.24) is 24.1 Å². The second kappa shape index (κ2) is 10.6. The summed E-state index contributed by atoms with van der Waals surface area (Å²) in [6.07, 6.45) is 3.98. The van der Waals surface area contributed by atoms with Crippen LogP contribution in [0, 0.1) is 5.92 Å². The SMILES string of the molecule is O=C(CCc1nnc2n(Cc3ccccc3)c(=O)c3ccccc3n12)N1CCC(Cc2ccccc2)CC1. The largest absolute Gasteiger partial charge is 0.343 e. The molecule has 1 aliphatic heterocycles. The number of piperidine rings is 1. The van der Waals surface area contributed by atoms with Crippen molar-refractivity contribution in [3.8, 4) is 0 Å². The summed E-state index contributed by atoms with van der Waals surface area (Å²) < 4.78 is 3.62.